The summed E-state index contributed by atoms with van der Waals surface area (Å²) < 4.78 is 44.2. The highest BCUT2D eigenvalue weighted by Gasteiger charge is 2.48. The number of benzene rings is 1. The molecule has 2 aliphatic rings. The molecule has 0 radical (unpaired) electrons. The van der Waals surface area contributed by atoms with Gasteiger partial charge in [0.1, 0.15) is 6.10 Å². The van der Waals surface area contributed by atoms with E-state index in [2.05, 4.69) is 15.0 Å². The molecule has 32 heavy (non-hydrogen) atoms. The average molecular weight is 440 g/mol. The summed E-state index contributed by atoms with van der Waals surface area (Å²) in [6.07, 6.45) is 2.31. The zero-order chi connectivity index (χ0) is 22.3. The predicted molar refractivity (Wildman–Crippen MR) is 109 cm³/mol. The first-order chi connectivity index (χ1) is 15.4. The molecule has 6 nitrogen and oxygen atoms in total. The van der Waals surface area contributed by atoms with Crippen molar-refractivity contribution in [3.63, 3.8) is 0 Å². The molecule has 3 heterocycles. The van der Waals surface area contributed by atoms with E-state index in [1.54, 1.807) is 29.6 Å². The summed E-state index contributed by atoms with van der Waals surface area (Å²) in [5.74, 6) is 0.294. The number of aromatic nitrogens is 3. The third-order valence-electron chi connectivity index (χ3n) is 6.02. The van der Waals surface area contributed by atoms with Gasteiger partial charge in [-0.3, -0.25) is 14.8 Å². The van der Waals surface area contributed by atoms with Crippen molar-refractivity contribution in [2.75, 3.05) is 6.54 Å². The minimum absolute atomic E-state index is 0.118. The highest BCUT2D eigenvalue weighted by molar-refractivity contribution is 6.00. The second-order valence-electron chi connectivity index (χ2n) is 8.04. The number of ether oxygens (including phenoxy) is 1. The van der Waals surface area contributed by atoms with Crippen LogP contribution in [0.1, 0.15) is 28.8 Å². The fourth-order valence-electron chi connectivity index (χ4n) is 4.58. The largest absolute Gasteiger partial charge is 0.472 e. The molecule has 0 spiro atoms. The lowest BCUT2D eigenvalue weighted by molar-refractivity contribution is -0.137. The van der Waals surface area contributed by atoms with Crippen molar-refractivity contribution in [3.05, 3.63) is 72.3 Å². The molecule has 3 atom stereocenters. The number of likely N-dealkylation sites (tertiary alicyclic amines) is 1. The number of fused-ring (bicyclic) bond motifs is 2. The molecule has 1 saturated heterocycles. The fraction of sp³-hybridized carbons (Fsp3) is 0.304. The number of nitrogens with zero attached hydrogens (tertiary/aromatic N) is 4. The van der Waals surface area contributed by atoms with Gasteiger partial charge in [-0.05, 0) is 30.9 Å². The molecular weight excluding hydrogens is 421 g/mol. The molecule has 2 aromatic heterocycles. The molecular formula is C23H19F3N4O2. The van der Waals surface area contributed by atoms with Gasteiger partial charge in [0.2, 0.25) is 5.88 Å². The summed E-state index contributed by atoms with van der Waals surface area (Å²) >= 11 is 0. The van der Waals surface area contributed by atoms with Crippen LogP contribution in [0.5, 0.6) is 5.88 Å². The standard InChI is InChI=1S/C23H19F3N4O2/c24-23(25,26)15-5-6-21(29-11-15)32-20-10-14-9-19(20)30(13-14)22(31)17-4-2-1-3-16(17)18-12-27-7-8-28-18/h1-8,11-12,14,19-20H,9-10,13H2/t14-,19+,20-/m1/s1. The van der Waals surface area contributed by atoms with Gasteiger partial charge in [0, 0.05) is 42.3 Å². The zero-order valence-electron chi connectivity index (χ0n) is 16.9. The van der Waals surface area contributed by atoms with Crippen LogP contribution >= 0.6 is 0 Å². The van der Waals surface area contributed by atoms with Crippen LogP contribution in [-0.2, 0) is 6.18 Å². The minimum atomic E-state index is -4.45. The summed E-state index contributed by atoms with van der Waals surface area (Å²) in [7, 11) is 0. The Hall–Kier alpha value is -3.49. The number of alkyl halides is 3. The summed E-state index contributed by atoms with van der Waals surface area (Å²) in [4.78, 5) is 27.5. The van der Waals surface area contributed by atoms with Crippen molar-refractivity contribution in [1.82, 2.24) is 19.9 Å². The number of halogens is 3. The Morgan fingerprint density at radius 1 is 1.03 bits per heavy atom. The minimum Gasteiger partial charge on any atom is -0.472 e. The van der Waals surface area contributed by atoms with Crippen molar-refractivity contribution in [1.29, 1.82) is 0 Å². The zero-order valence-corrected chi connectivity index (χ0v) is 16.9. The van der Waals surface area contributed by atoms with Crippen LogP contribution in [0, 0.1) is 5.92 Å². The molecule has 1 aliphatic heterocycles. The Bertz CT molecular complexity index is 1120. The number of hydrogen-bond donors (Lipinski definition) is 0. The highest BCUT2D eigenvalue weighted by Crippen LogP contribution is 2.41. The Kier molecular flexibility index (Phi) is 5.03. The lowest BCUT2D eigenvalue weighted by Crippen LogP contribution is -2.47. The van der Waals surface area contributed by atoms with E-state index < -0.39 is 11.7 Å². The molecule has 0 N–H and O–H groups in total. The summed E-state index contributed by atoms with van der Waals surface area (Å²) in [5.41, 5.74) is 1.03. The van der Waals surface area contributed by atoms with E-state index in [1.807, 2.05) is 18.2 Å². The molecule has 3 aromatic rings. The number of amides is 1. The van der Waals surface area contributed by atoms with Gasteiger partial charge in [0.05, 0.1) is 23.5 Å². The molecule has 2 fully saturated rings. The summed E-state index contributed by atoms with van der Waals surface area (Å²) in [6.45, 7) is 0.624. The number of carbonyl (C=O) groups is 1. The number of piperidine rings is 1. The van der Waals surface area contributed by atoms with Crippen molar-refractivity contribution in [3.8, 4) is 17.1 Å². The summed E-state index contributed by atoms with van der Waals surface area (Å²) in [6, 6.07) is 9.28. The van der Waals surface area contributed by atoms with Gasteiger partial charge in [0.15, 0.2) is 0 Å². The van der Waals surface area contributed by atoms with Crippen molar-refractivity contribution in [2.45, 2.75) is 31.2 Å². The Labute approximate surface area is 182 Å². The van der Waals surface area contributed by atoms with Gasteiger partial charge in [-0.1, -0.05) is 18.2 Å². The van der Waals surface area contributed by atoms with Crippen molar-refractivity contribution < 1.29 is 22.7 Å². The van der Waals surface area contributed by atoms with Gasteiger partial charge in [0.25, 0.3) is 5.91 Å². The smallest absolute Gasteiger partial charge is 0.417 e. The normalized spacial score (nSPS) is 22.2. The number of pyridine rings is 1. The first-order valence-electron chi connectivity index (χ1n) is 10.3. The van der Waals surface area contributed by atoms with Gasteiger partial charge < -0.3 is 9.64 Å². The second kappa shape index (κ2) is 7.89. The maximum Gasteiger partial charge on any atom is 0.417 e. The Morgan fingerprint density at radius 3 is 2.56 bits per heavy atom. The summed E-state index contributed by atoms with van der Waals surface area (Å²) in [5, 5.41) is 0. The van der Waals surface area contributed by atoms with Crippen LogP contribution in [0.3, 0.4) is 0 Å². The number of rotatable bonds is 4. The van der Waals surface area contributed by atoms with E-state index in [1.165, 1.54) is 6.07 Å². The maximum atomic E-state index is 13.5. The monoisotopic (exact) mass is 440 g/mol. The van der Waals surface area contributed by atoms with Crippen LogP contribution in [-0.4, -0.2) is 44.4 Å². The molecule has 2 bridgehead atoms. The van der Waals surface area contributed by atoms with E-state index in [0.717, 1.165) is 25.1 Å². The first kappa shape index (κ1) is 20.4. The van der Waals surface area contributed by atoms with Crippen molar-refractivity contribution in [2.24, 2.45) is 5.92 Å². The van der Waals surface area contributed by atoms with Crippen LogP contribution in [0.4, 0.5) is 13.2 Å². The molecule has 1 aromatic carbocycles. The average Bonchev–Trinajstić information content (AvgIpc) is 3.40. The molecule has 1 aliphatic carbocycles. The van der Waals surface area contributed by atoms with Crippen LogP contribution in [0.15, 0.2) is 61.2 Å². The molecule has 9 heteroatoms. The fourth-order valence-corrected chi connectivity index (χ4v) is 4.58. The third-order valence-corrected chi connectivity index (χ3v) is 6.02. The Balaban J connectivity index is 1.35. The van der Waals surface area contributed by atoms with E-state index >= 15 is 0 Å². The van der Waals surface area contributed by atoms with Gasteiger partial charge in [-0.25, -0.2) is 4.98 Å². The SMILES string of the molecule is O=C(c1ccccc1-c1cnccn1)N1C[C@H]2C[C@@H](Oc3ccc(C(F)(F)F)cn3)[C@@H]1C2. The maximum absolute atomic E-state index is 13.5. The van der Waals surface area contributed by atoms with E-state index in [4.69, 9.17) is 4.74 Å². The molecule has 1 saturated carbocycles. The molecule has 0 unspecified atom stereocenters. The Morgan fingerprint density at radius 2 is 1.88 bits per heavy atom. The first-order valence-corrected chi connectivity index (χ1v) is 10.3. The molecule has 5 rings (SSSR count). The predicted octanol–water partition coefficient (Wildman–Crippen LogP) is 4.24. The number of hydrogen-bond acceptors (Lipinski definition) is 5. The van der Waals surface area contributed by atoms with Gasteiger partial charge in [-0.15, -0.1) is 0 Å². The van der Waals surface area contributed by atoms with Crippen LogP contribution in [0.2, 0.25) is 0 Å². The van der Waals surface area contributed by atoms with Crippen LogP contribution < -0.4 is 4.74 Å². The van der Waals surface area contributed by atoms with Gasteiger partial charge >= 0.3 is 6.18 Å². The third kappa shape index (κ3) is 3.79. The van der Waals surface area contributed by atoms with E-state index in [9.17, 15) is 18.0 Å². The number of carbonyl (C=O) groups excluding carboxylic acids is 1. The quantitative estimate of drug-likeness (QED) is 0.607. The van der Waals surface area contributed by atoms with Crippen LogP contribution in [0.25, 0.3) is 11.3 Å². The second-order valence-corrected chi connectivity index (χ2v) is 8.04. The van der Waals surface area contributed by atoms with Crippen molar-refractivity contribution >= 4 is 5.91 Å². The lowest BCUT2D eigenvalue weighted by atomic mass is 10.0. The topological polar surface area (TPSA) is 68.2 Å². The van der Waals surface area contributed by atoms with Gasteiger partial charge in [-0.2, -0.15) is 13.2 Å². The van der Waals surface area contributed by atoms with E-state index in [-0.39, 0.29) is 29.9 Å². The molecule has 1 amide bonds. The molecule has 164 valence electrons. The van der Waals surface area contributed by atoms with E-state index in [0.29, 0.717) is 23.4 Å². The highest BCUT2D eigenvalue weighted by atomic mass is 19.4. The lowest BCUT2D eigenvalue weighted by Gasteiger charge is -2.33.